The van der Waals surface area contributed by atoms with E-state index in [1.807, 2.05) is 0 Å². The Balaban J connectivity index is 1.63. The number of nitrogens with zero attached hydrogens (tertiary/aromatic N) is 1. The first-order valence-electron chi connectivity index (χ1n) is 11.1. The number of likely N-dealkylation sites (tertiary alicyclic amines) is 1. The molecule has 4 fully saturated rings. The summed E-state index contributed by atoms with van der Waals surface area (Å²) in [4.78, 5) is 3.18. The molecule has 3 saturated carbocycles. The summed E-state index contributed by atoms with van der Waals surface area (Å²) in [5, 5.41) is 0. The minimum atomic E-state index is 0.575. The fourth-order valence-corrected chi connectivity index (χ4v) is 7.01. The molecule has 0 N–H and O–H groups in total. The van der Waals surface area contributed by atoms with Gasteiger partial charge in [0.15, 0.2) is 0 Å². The quantitative estimate of drug-likeness (QED) is 0.536. The van der Waals surface area contributed by atoms with E-state index < -0.39 is 0 Å². The van der Waals surface area contributed by atoms with E-state index in [1.54, 1.807) is 6.42 Å². The van der Waals surface area contributed by atoms with Crippen LogP contribution in [0.25, 0.3) is 0 Å². The van der Waals surface area contributed by atoms with Crippen LogP contribution in [-0.4, -0.2) is 23.0 Å². The fourth-order valence-electron chi connectivity index (χ4n) is 7.01. The standard InChI is InChI=1S/C23H41N/c1-22(2)12-10-17-14-18-11-13-23(3,4)16-21(18)24(20(17)15-22)19-8-6-5-7-9-19/h17-21H,5-16H2,1-4H3/t17-,18+,20-,21+. The van der Waals surface area contributed by atoms with Gasteiger partial charge >= 0.3 is 0 Å². The lowest BCUT2D eigenvalue weighted by molar-refractivity contribution is -0.106. The summed E-state index contributed by atoms with van der Waals surface area (Å²) in [5.74, 6) is 2.03. The molecule has 0 amide bonds. The second-order valence-electron chi connectivity index (χ2n) is 11.4. The van der Waals surface area contributed by atoms with Gasteiger partial charge in [-0.05, 0) is 80.5 Å². The van der Waals surface area contributed by atoms with E-state index in [1.165, 1.54) is 70.6 Å². The minimum absolute atomic E-state index is 0.575. The predicted molar refractivity (Wildman–Crippen MR) is 103 cm³/mol. The van der Waals surface area contributed by atoms with Gasteiger partial charge in [-0.1, -0.05) is 47.0 Å². The molecule has 1 aliphatic heterocycles. The predicted octanol–water partition coefficient (Wildman–Crippen LogP) is 6.41. The average molecular weight is 332 g/mol. The van der Waals surface area contributed by atoms with Crippen LogP contribution in [0.15, 0.2) is 0 Å². The van der Waals surface area contributed by atoms with Gasteiger partial charge < -0.3 is 0 Å². The first kappa shape index (κ1) is 17.4. The van der Waals surface area contributed by atoms with Gasteiger partial charge in [0.2, 0.25) is 0 Å². The molecule has 0 aromatic heterocycles. The third-order valence-electron chi connectivity index (χ3n) is 8.36. The summed E-state index contributed by atoms with van der Waals surface area (Å²) in [6, 6.07) is 2.74. The molecule has 1 saturated heterocycles. The molecule has 4 aliphatic rings. The largest absolute Gasteiger partial charge is 0.294 e. The molecule has 0 bridgehead atoms. The summed E-state index contributed by atoms with van der Waals surface area (Å²) in [6.45, 7) is 10.2. The molecule has 1 heterocycles. The number of piperidine rings is 1. The summed E-state index contributed by atoms with van der Waals surface area (Å²) >= 11 is 0. The summed E-state index contributed by atoms with van der Waals surface area (Å²) in [6.07, 6.45) is 17.9. The van der Waals surface area contributed by atoms with Crippen LogP contribution in [0.3, 0.4) is 0 Å². The molecule has 0 unspecified atom stereocenters. The van der Waals surface area contributed by atoms with Crippen LogP contribution in [0, 0.1) is 22.7 Å². The first-order valence-corrected chi connectivity index (χ1v) is 11.1. The highest BCUT2D eigenvalue weighted by Crippen LogP contribution is 2.53. The molecule has 0 aromatic carbocycles. The van der Waals surface area contributed by atoms with Gasteiger partial charge in [-0.3, -0.25) is 4.90 Å². The number of fused-ring (bicyclic) bond motifs is 2. The zero-order chi connectivity index (χ0) is 16.9. The molecule has 24 heavy (non-hydrogen) atoms. The van der Waals surface area contributed by atoms with Crippen molar-refractivity contribution < 1.29 is 0 Å². The molecule has 1 heteroatoms. The number of rotatable bonds is 1. The van der Waals surface area contributed by atoms with Crippen molar-refractivity contribution in [3.63, 3.8) is 0 Å². The third kappa shape index (κ3) is 3.31. The Bertz CT molecular complexity index is 413. The lowest BCUT2D eigenvalue weighted by Gasteiger charge is -2.60. The normalized spacial score (nSPS) is 43.0. The van der Waals surface area contributed by atoms with Gasteiger partial charge in [0.1, 0.15) is 0 Å². The first-order chi connectivity index (χ1) is 11.3. The van der Waals surface area contributed by atoms with Crippen molar-refractivity contribution in [3.05, 3.63) is 0 Å². The summed E-state index contributed by atoms with van der Waals surface area (Å²) < 4.78 is 0. The van der Waals surface area contributed by atoms with E-state index in [9.17, 15) is 0 Å². The Morgan fingerprint density at radius 1 is 0.667 bits per heavy atom. The van der Waals surface area contributed by atoms with Crippen molar-refractivity contribution in [1.29, 1.82) is 0 Å². The topological polar surface area (TPSA) is 3.24 Å². The van der Waals surface area contributed by atoms with Crippen LogP contribution in [0.2, 0.25) is 0 Å². The average Bonchev–Trinajstić information content (AvgIpc) is 2.52. The molecule has 0 aromatic rings. The molecular formula is C23H41N. The van der Waals surface area contributed by atoms with Crippen LogP contribution < -0.4 is 0 Å². The van der Waals surface area contributed by atoms with Gasteiger partial charge in [-0.15, -0.1) is 0 Å². The van der Waals surface area contributed by atoms with Gasteiger partial charge in [0, 0.05) is 18.1 Å². The van der Waals surface area contributed by atoms with Crippen molar-refractivity contribution in [2.24, 2.45) is 22.7 Å². The SMILES string of the molecule is CC1(C)CC[C@@H]2C[C@@H]3CCC(C)(C)C[C@@H]3N(C3CCCCC3)[C@@H]2C1. The molecule has 4 atom stereocenters. The smallest absolute Gasteiger partial charge is 0.0135 e. The van der Waals surface area contributed by atoms with Crippen LogP contribution >= 0.6 is 0 Å². The maximum Gasteiger partial charge on any atom is 0.0135 e. The van der Waals surface area contributed by atoms with E-state index in [0.717, 1.165) is 30.0 Å². The van der Waals surface area contributed by atoms with Gasteiger partial charge in [0.05, 0.1) is 0 Å². The second kappa shape index (κ2) is 6.29. The molecule has 138 valence electrons. The van der Waals surface area contributed by atoms with E-state index in [4.69, 9.17) is 0 Å². The Kier molecular flexibility index (Phi) is 4.55. The minimum Gasteiger partial charge on any atom is -0.294 e. The summed E-state index contributed by atoms with van der Waals surface area (Å²) in [5.41, 5.74) is 1.15. The number of hydrogen-bond acceptors (Lipinski definition) is 1. The van der Waals surface area contributed by atoms with E-state index >= 15 is 0 Å². The van der Waals surface area contributed by atoms with Gasteiger partial charge in [-0.25, -0.2) is 0 Å². The molecule has 1 nitrogen and oxygen atoms in total. The lowest BCUT2D eigenvalue weighted by atomic mass is 9.59. The van der Waals surface area contributed by atoms with Crippen molar-refractivity contribution in [1.82, 2.24) is 4.90 Å². The maximum absolute atomic E-state index is 3.18. The second-order valence-corrected chi connectivity index (χ2v) is 11.4. The molecule has 0 radical (unpaired) electrons. The van der Waals surface area contributed by atoms with Crippen molar-refractivity contribution >= 4 is 0 Å². The molecule has 3 aliphatic carbocycles. The van der Waals surface area contributed by atoms with Crippen molar-refractivity contribution in [2.45, 2.75) is 123 Å². The Labute approximate surface area is 151 Å². The van der Waals surface area contributed by atoms with Crippen LogP contribution in [0.1, 0.15) is 105 Å². The Hall–Kier alpha value is -0.0400. The maximum atomic E-state index is 3.18. The van der Waals surface area contributed by atoms with Crippen LogP contribution in [0.4, 0.5) is 0 Å². The zero-order valence-electron chi connectivity index (χ0n) is 16.8. The molecule has 0 spiro atoms. The highest BCUT2D eigenvalue weighted by molar-refractivity contribution is 5.04. The monoisotopic (exact) mass is 331 g/mol. The zero-order valence-corrected chi connectivity index (χ0v) is 16.8. The van der Waals surface area contributed by atoms with E-state index in [0.29, 0.717) is 10.8 Å². The summed E-state index contributed by atoms with van der Waals surface area (Å²) in [7, 11) is 0. The molecule has 4 rings (SSSR count). The number of hydrogen-bond donors (Lipinski definition) is 0. The van der Waals surface area contributed by atoms with E-state index in [-0.39, 0.29) is 0 Å². The van der Waals surface area contributed by atoms with Crippen LogP contribution in [0.5, 0.6) is 0 Å². The van der Waals surface area contributed by atoms with Gasteiger partial charge in [-0.2, -0.15) is 0 Å². The van der Waals surface area contributed by atoms with Gasteiger partial charge in [0.25, 0.3) is 0 Å². The Morgan fingerprint density at radius 2 is 1.17 bits per heavy atom. The van der Waals surface area contributed by atoms with E-state index in [2.05, 4.69) is 32.6 Å². The van der Waals surface area contributed by atoms with Crippen molar-refractivity contribution in [2.75, 3.05) is 0 Å². The highest BCUT2D eigenvalue weighted by atomic mass is 15.2. The lowest BCUT2D eigenvalue weighted by Crippen LogP contribution is -2.63. The molecular weight excluding hydrogens is 290 g/mol. The fraction of sp³-hybridized carbons (Fsp3) is 1.00. The van der Waals surface area contributed by atoms with Crippen LogP contribution in [-0.2, 0) is 0 Å². The highest BCUT2D eigenvalue weighted by Gasteiger charge is 2.51. The Morgan fingerprint density at radius 3 is 1.67 bits per heavy atom. The van der Waals surface area contributed by atoms with Crippen molar-refractivity contribution in [3.8, 4) is 0 Å². The third-order valence-corrected chi connectivity index (χ3v) is 8.36.